The van der Waals surface area contributed by atoms with Gasteiger partial charge in [0.15, 0.2) is 5.65 Å². The standard InChI is InChI=1S/C17H20N4O/c1-12-9-16-18-17(20-8-4-5-13(10-20)11-22)14-6-2-3-7-15(14)21(16)19-12/h2-3,6-7,9,13,22H,4-5,8,10-11H2,1H3/t13-/m1/s1. The van der Waals surface area contributed by atoms with Crippen molar-refractivity contribution < 1.29 is 5.11 Å². The maximum Gasteiger partial charge on any atom is 0.158 e. The van der Waals surface area contributed by atoms with Crippen LogP contribution in [-0.2, 0) is 0 Å². The number of para-hydroxylation sites is 1. The topological polar surface area (TPSA) is 53.7 Å². The highest BCUT2D eigenvalue weighted by Crippen LogP contribution is 2.29. The zero-order valence-electron chi connectivity index (χ0n) is 12.7. The quantitative estimate of drug-likeness (QED) is 0.789. The molecule has 2 aromatic heterocycles. The summed E-state index contributed by atoms with van der Waals surface area (Å²) in [6.07, 6.45) is 2.20. The summed E-state index contributed by atoms with van der Waals surface area (Å²) >= 11 is 0. The number of hydrogen-bond donors (Lipinski definition) is 1. The number of aryl methyl sites for hydroxylation is 1. The highest BCUT2D eigenvalue weighted by atomic mass is 16.3. The monoisotopic (exact) mass is 296 g/mol. The molecule has 114 valence electrons. The predicted molar refractivity (Wildman–Crippen MR) is 87.3 cm³/mol. The molecule has 1 N–H and O–H groups in total. The zero-order valence-corrected chi connectivity index (χ0v) is 12.7. The minimum Gasteiger partial charge on any atom is -0.396 e. The van der Waals surface area contributed by atoms with Gasteiger partial charge >= 0.3 is 0 Å². The van der Waals surface area contributed by atoms with Gasteiger partial charge in [0.2, 0.25) is 0 Å². The van der Waals surface area contributed by atoms with E-state index in [0.717, 1.165) is 54.0 Å². The average molecular weight is 296 g/mol. The Morgan fingerprint density at radius 1 is 1.32 bits per heavy atom. The maximum atomic E-state index is 9.48. The van der Waals surface area contributed by atoms with Crippen molar-refractivity contribution in [3.8, 4) is 0 Å². The predicted octanol–water partition coefficient (Wildman–Crippen LogP) is 2.40. The molecule has 1 aliphatic rings. The Bertz CT molecular complexity index is 826. The summed E-state index contributed by atoms with van der Waals surface area (Å²) in [5, 5.41) is 15.2. The van der Waals surface area contributed by atoms with Crippen LogP contribution in [0.5, 0.6) is 0 Å². The van der Waals surface area contributed by atoms with Gasteiger partial charge in [0.05, 0.1) is 11.2 Å². The number of benzene rings is 1. The second kappa shape index (κ2) is 5.25. The van der Waals surface area contributed by atoms with Crippen LogP contribution in [0.25, 0.3) is 16.6 Å². The number of hydrogen-bond acceptors (Lipinski definition) is 4. The van der Waals surface area contributed by atoms with Gasteiger partial charge in [0.1, 0.15) is 5.82 Å². The van der Waals surface area contributed by atoms with Crippen molar-refractivity contribution in [3.63, 3.8) is 0 Å². The molecule has 0 radical (unpaired) electrons. The summed E-state index contributed by atoms with van der Waals surface area (Å²) in [5.41, 5.74) is 2.95. The van der Waals surface area contributed by atoms with Crippen molar-refractivity contribution in [1.29, 1.82) is 0 Å². The first kappa shape index (κ1) is 13.5. The largest absolute Gasteiger partial charge is 0.396 e. The normalized spacial score (nSPS) is 19.2. The van der Waals surface area contributed by atoms with Gasteiger partial charge in [-0.15, -0.1) is 0 Å². The van der Waals surface area contributed by atoms with E-state index in [1.807, 2.05) is 29.6 Å². The molecule has 5 heteroatoms. The first-order valence-electron chi connectivity index (χ1n) is 7.87. The molecular formula is C17H20N4O. The Labute approximate surface area is 129 Å². The van der Waals surface area contributed by atoms with E-state index in [9.17, 15) is 5.11 Å². The highest BCUT2D eigenvalue weighted by Gasteiger charge is 2.22. The molecule has 3 heterocycles. The Kier molecular flexibility index (Phi) is 3.22. The molecule has 1 atom stereocenters. The van der Waals surface area contributed by atoms with Crippen LogP contribution in [0.4, 0.5) is 5.82 Å². The van der Waals surface area contributed by atoms with Crippen molar-refractivity contribution in [3.05, 3.63) is 36.0 Å². The molecule has 0 bridgehead atoms. The lowest BCUT2D eigenvalue weighted by atomic mass is 9.99. The van der Waals surface area contributed by atoms with Gasteiger partial charge in [0, 0.05) is 31.1 Å². The molecule has 22 heavy (non-hydrogen) atoms. The molecule has 4 rings (SSSR count). The highest BCUT2D eigenvalue weighted by molar-refractivity contribution is 5.91. The van der Waals surface area contributed by atoms with Crippen LogP contribution < -0.4 is 4.90 Å². The molecule has 0 amide bonds. The van der Waals surface area contributed by atoms with Gasteiger partial charge in [-0.2, -0.15) is 5.10 Å². The van der Waals surface area contributed by atoms with Gasteiger partial charge in [-0.05, 0) is 37.8 Å². The van der Waals surface area contributed by atoms with E-state index in [1.54, 1.807) is 0 Å². The Morgan fingerprint density at radius 2 is 2.18 bits per heavy atom. The second-order valence-electron chi connectivity index (χ2n) is 6.15. The minimum atomic E-state index is 0.252. The van der Waals surface area contributed by atoms with E-state index in [1.165, 1.54) is 0 Å². The Balaban J connectivity index is 1.91. The fourth-order valence-corrected chi connectivity index (χ4v) is 3.41. The van der Waals surface area contributed by atoms with Crippen LogP contribution in [0.2, 0.25) is 0 Å². The third-order valence-corrected chi connectivity index (χ3v) is 4.48. The number of rotatable bonds is 2. The van der Waals surface area contributed by atoms with Gasteiger partial charge in [-0.3, -0.25) is 0 Å². The van der Waals surface area contributed by atoms with Crippen molar-refractivity contribution in [1.82, 2.24) is 14.6 Å². The molecule has 0 saturated carbocycles. The van der Waals surface area contributed by atoms with Crippen molar-refractivity contribution in [2.45, 2.75) is 19.8 Å². The van der Waals surface area contributed by atoms with Crippen LogP contribution in [0.15, 0.2) is 30.3 Å². The van der Waals surface area contributed by atoms with Crippen LogP contribution in [0.3, 0.4) is 0 Å². The Hall–Kier alpha value is -2.14. The number of nitrogens with zero attached hydrogens (tertiary/aromatic N) is 4. The fourth-order valence-electron chi connectivity index (χ4n) is 3.41. The third-order valence-electron chi connectivity index (χ3n) is 4.48. The average Bonchev–Trinajstić information content (AvgIpc) is 2.94. The van der Waals surface area contributed by atoms with Crippen LogP contribution in [-0.4, -0.2) is 39.4 Å². The van der Waals surface area contributed by atoms with Gasteiger partial charge in [-0.1, -0.05) is 12.1 Å². The third kappa shape index (κ3) is 2.13. The molecular weight excluding hydrogens is 276 g/mol. The number of fused-ring (bicyclic) bond motifs is 3. The molecule has 3 aromatic rings. The van der Waals surface area contributed by atoms with Crippen molar-refractivity contribution in [2.75, 3.05) is 24.6 Å². The molecule has 0 aliphatic carbocycles. The lowest BCUT2D eigenvalue weighted by Crippen LogP contribution is -2.37. The molecule has 1 aromatic carbocycles. The SMILES string of the molecule is Cc1cc2nc(N3CCC[C@@H](CO)C3)c3ccccc3n2n1. The molecule has 1 saturated heterocycles. The lowest BCUT2D eigenvalue weighted by Gasteiger charge is -2.33. The number of anilines is 1. The Morgan fingerprint density at radius 3 is 3.05 bits per heavy atom. The first-order valence-corrected chi connectivity index (χ1v) is 7.87. The summed E-state index contributed by atoms with van der Waals surface area (Å²) < 4.78 is 1.92. The van der Waals surface area contributed by atoms with E-state index in [0.29, 0.717) is 5.92 Å². The number of aliphatic hydroxyl groups excluding tert-OH is 1. The number of aromatic nitrogens is 3. The summed E-state index contributed by atoms with van der Waals surface area (Å²) in [5.74, 6) is 1.36. The molecule has 5 nitrogen and oxygen atoms in total. The van der Waals surface area contributed by atoms with Crippen LogP contribution in [0.1, 0.15) is 18.5 Å². The zero-order chi connectivity index (χ0) is 15.1. The van der Waals surface area contributed by atoms with Crippen molar-refractivity contribution in [2.24, 2.45) is 5.92 Å². The van der Waals surface area contributed by atoms with Gasteiger partial charge < -0.3 is 10.0 Å². The summed E-state index contributed by atoms with van der Waals surface area (Å²) in [7, 11) is 0. The van der Waals surface area contributed by atoms with E-state index in [2.05, 4.69) is 22.1 Å². The van der Waals surface area contributed by atoms with E-state index in [-0.39, 0.29) is 6.61 Å². The summed E-state index contributed by atoms with van der Waals surface area (Å²) in [6, 6.07) is 10.3. The second-order valence-corrected chi connectivity index (χ2v) is 6.15. The van der Waals surface area contributed by atoms with Crippen molar-refractivity contribution >= 4 is 22.4 Å². The molecule has 0 unspecified atom stereocenters. The minimum absolute atomic E-state index is 0.252. The molecule has 1 aliphatic heterocycles. The molecule has 0 spiro atoms. The maximum absolute atomic E-state index is 9.48. The van der Waals surface area contributed by atoms with Gasteiger partial charge in [-0.25, -0.2) is 9.50 Å². The lowest BCUT2D eigenvalue weighted by molar-refractivity contribution is 0.208. The number of piperidine rings is 1. The molecule has 1 fully saturated rings. The smallest absolute Gasteiger partial charge is 0.158 e. The van der Waals surface area contributed by atoms with E-state index < -0.39 is 0 Å². The summed E-state index contributed by atoms with van der Waals surface area (Å²) in [4.78, 5) is 7.18. The fraction of sp³-hybridized carbons (Fsp3) is 0.412. The first-order chi connectivity index (χ1) is 10.8. The van der Waals surface area contributed by atoms with Crippen LogP contribution >= 0.6 is 0 Å². The van der Waals surface area contributed by atoms with E-state index >= 15 is 0 Å². The number of aliphatic hydroxyl groups is 1. The van der Waals surface area contributed by atoms with Crippen LogP contribution in [0, 0.1) is 12.8 Å². The van der Waals surface area contributed by atoms with E-state index in [4.69, 9.17) is 4.98 Å². The summed E-state index contributed by atoms with van der Waals surface area (Å²) in [6.45, 7) is 4.11. The van der Waals surface area contributed by atoms with Gasteiger partial charge in [0.25, 0.3) is 0 Å².